The highest BCUT2D eigenvalue weighted by molar-refractivity contribution is 6.70. The molecule has 90 valence electrons. The minimum Gasteiger partial charge on any atom is -0.396 e. The van der Waals surface area contributed by atoms with Crippen molar-refractivity contribution < 1.29 is 13.6 Å². The zero-order valence-electron chi connectivity index (χ0n) is 10.5. The summed E-state index contributed by atoms with van der Waals surface area (Å²) in [6, 6.07) is 1.05. The third-order valence-corrected chi connectivity index (χ3v) is 8.14. The van der Waals surface area contributed by atoms with Gasteiger partial charge in [0.05, 0.1) is 0 Å². The van der Waals surface area contributed by atoms with Crippen molar-refractivity contribution in [3.05, 3.63) is 0 Å². The van der Waals surface area contributed by atoms with Crippen LogP contribution in [0.5, 0.6) is 0 Å². The summed E-state index contributed by atoms with van der Waals surface area (Å²) in [6.07, 6.45) is 4.45. The zero-order valence-corrected chi connectivity index (χ0v) is 11.5. The Bertz CT molecular complexity index is 183. The predicted octanol–water partition coefficient (Wildman–Crippen LogP) is 2.63. The van der Waals surface area contributed by atoms with E-state index >= 15 is 0 Å². The van der Waals surface area contributed by atoms with E-state index in [0.717, 1.165) is 25.5 Å². The van der Waals surface area contributed by atoms with Crippen molar-refractivity contribution in [1.29, 1.82) is 0 Å². The van der Waals surface area contributed by atoms with E-state index in [1.165, 1.54) is 12.8 Å². The predicted molar refractivity (Wildman–Crippen MR) is 63.1 cm³/mol. The fourth-order valence-electron chi connectivity index (χ4n) is 2.49. The molecule has 3 nitrogen and oxygen atoms in total. The van der Waals surface area contributed by atoms with E-state index in [1.54, 1.807) is 14.2 Å². The van der Waals surface area contributed by atoms with Gasteiger partial charge in [0.1, 0.15) is 5.22 Å². The fourth-order valence-corrected chi connectivity index (χ4v) is 6.43. The van der Waals surface area contributed by atoms with E-state index in [0.29, 0.717) is 0 Å². The quantitative estimate of drug-likeness (QED) is 0.632. The number of hydrogen-bond donors (Lipinski definition) is 0. The second-order valence-corrected chi connectivity index (χ2v) is 7.94. The Morgan fingerprint density at radius 1 is 1.27 bits per heavy atom. The van der Waals surface area contributed by atoms with Gasteiger partial charge in [-0.2, -0.15) is 0 Å². The lowest BCUT2D eigenvalue weighted by Crippen LogP contribution is -2.68. The van der Waals surface area contributed by atoms with Crippen LogP contribution >= 0.6 is 0 Å². The molecule has 0 aromatic rings. The first-order valence-corrected chi connectivity index (χ1v) is 7.97. The van der Waals surface area contributed by atoms with Crippen molar-refractivity contribution in [2.24, 2.45) is 0 Å². The number of ether oxygens (including phenoxy) is 1. The summed E-state index contributed by atoms with van der Waals surface area (Å²) in [5.41, 5.74) is 0. The average Bonchev–Trinajstić information content (AvgIpc) is 2.22. The normalized spacial score (nSPS) is 26.4. The molecule has 0 aromatic heterocycles. The molecule has 1 rings (SSSR count). The van der Waals surface area contributed by atoms with Crippen molar-refractivity contribution in [1.82, 2.24) is 0 Å². The molecule has 0 radical (unpaired) electrons. The van der Waals surface area contributed by atoms with Crippen LogP contribution < -0.4 is 0 Å². The van der Waals surface area contributed by atoms with Crippen LogP contribution in [-0.2, 0) is 13.6 Å². The molecule has 0 N–H and O–H groups in total. The van der Waals surface area contributed by atoms with E-state index in [4.69, 9.17) is 13.6 Å². The molecule has 0 spiro atoms. The standard InChI is InChI=1S/C11H24O3Si/c1-5-7-10-15(12-3,13-4)11(6-2)8-9-14-11/h5-10H2,1-4H3. The summed E-state index contributed by atoms with van der Waals surface area (Å²) in [5, 5.41) is -0.0777. The average molecular weight is 232 g/mol. The molecule has 1 fully saturated rings. The smallest absolute Gasteiger partial charge is 0.370 e. The Kier molecular flexibility index (Phi) is 4.77. The maximum Gasteiger partial charge on any atom is 0.370 e. The molecule has 1 aliphatic heterocycles. The van der Waals surface area contributed by atoms with Crippen LogP contribution in [0.1, 0.15) is 39.5 Å². The minimum atomic E-state index is -2.15. The van der Waals surface area contributed by atoms with E-state index in [-0.39, 0.29) is 5.22 Å². The first kappa shape index (κ1) is 13.2. The fraction of sp³-hybridized carbons (Fsp3) is 1.00. The molecule has 0 amide bonds. The van der Waals surface area contributed by atoms with Gasteiger partial charge >= 0.3 is 8.56 Å². The lowest BCUT2D eigenvalue weighted by Gasteiger charge is -2.51. The molecule has 4 heteroatoms. The number of hydrogen-bond acceptors (Lipinski definition) is 3. The van der Waals surface area contributed by atoms with Crippen LogP contribution in [-0.4, -0.2) is 34.6 Å². The van der Waals surface area contributed by atoms with Gasteiger partial charge in [0.25, 0.3) is 0 Å². The highest BCUT2D eigenvalue weighted by Gasteiger charge is 2.60. The maximum absolute atomic E-state index is 5.82. The first-order chi connectivity index (χ1) is 7.20. The Labute approximate surface area is 94.4 Å². The van der Waals surface area contributed by atoms with Crippen molar-refractivity contribution >= 4 is 8.56 Å². The monoisotopic (exact) mass is 232 g/mol. The maximum atomic E-state index is 5.82. The van der Waals surface area contributed by atoms with Crippen molar-refractivity contribution in [3.8, 4) is 0 Å². The third-order valence-electron chi connectivity index (χ3n) is 3.67. The molecular formula is C11H24O3Si. The number of unbranched alkanes of at least 4 members (excludes halogenated alkanes) is 1. The van der Waals surface area contributed by atoms with Crippen molar-refractivity contribution in [3.63, 3.8) is 0 Å². The molecule has 0 aliphatic carbocycles. The minimum absolute atomic E-state index is 0.0777. The summed E-state index contributed by atoms with van der Waals surface area (Å²) in [6.45, 7) is 5.23. The van der Waals surface area contributed by atoms with Crippen molar-refractivity contribution in [2.45, 2.75) is 50.8 Å². The topological polar surface area (TPSA) is 27.7 Å². The Morgan fingerprint density at radius 2 is 1.87 bits per heavy atom. The molecule has 1 aliphatic rings. The summed E-state index contributed by atoms with van der Waals surface area (Å²) in [4.78, 5) is 0. The van der Waals surface area contributed by atoms with Gasteiger partial charge in [0.2, 0.25) is 0 Å². The molecular weight excluding hydrogens is 208 g/mol. The number of rotatable bonds is 7. The second kappa shape index (κ2) is 5.43. The second-order valence-electron chi connectivity index (χ2n) is 4.21. The van der Waals surface area contributed by atoms with Crippen LogP contribution in [0.3, 0.4) is 0 Å². The summed E-state index contributed by atoms with van der Waals surface area (Å²) in [5.74, 6) is 0. The van der Waals surface area contributed by atoms with Gasteiger partial charge in [-0.3, -0.25) is 0 Å². The molecule has 1 heterocycles. The van der Waals surface area contributed by atoms with E-state index in [9.17, 15) is 0 Å². The van der Waals surface area contributed by atoms with Gasteiger partial charge in [-0.1, -0.05) is 26.7 Å². The lowest BCUT2D eigenvalue weighted by atomic mass is 10.1. The molecule has 1 saturated heterocycles. The summed E-state index contributed by atoms with van der Waals surface area (Å²) >= 11 is 0. The highest BCUT2D eigenvalue weighted by atomic mass is 28.4. The Balaban J connectivity index is 2.77. The van der Waals surface area contributed by atoms with Crippen LogP contribution in [0.25, 0.3) is 0 Å². The molecule has 0 saturated carbocycles. The molecule has 1 atom stereocenters. The Morgan fingerprint density at radius 3 is 2.13 bits per heavy atom. The molecule has 15 heavy (non-hydrogen) atoms. The van der Waals surface area contributed by atoms with E-state index in [1.807, 2.05) is 0 Å². The third kappa shape index (κ3) is 2.13. The van der Waals surface area contributed by atoms with Gasteiger partial charge < -0.3 is 13.6 Å². The van der Waals surface area contributed by atoms with Crippen LogP contribution in [0.15, 0.2) is 0 Å². The van der Waals surface area contributed by atoms with Crippen molar-refractivity contribution in [2.75, 3.05) is 20.8 Å². The molecule has 0 aromatic carbocycles. The SMILES string of the molecule is CCCC[Si](OC)(OC)C1(CC)CCO1. The Hall–Kier alpha value is 0.0969. The summed E-state index contributed by atoms with van der Waals surface area (Å²) < 4.78 is 17.4. The van der Waals surface area contributed by atoms with Crippen LogP contribution in [0.4, 0.5) is 0 Å². The highest BCUT2D eigenvalue weighted by Crippen LogP contribution is 2.42. The van der Waals surface area contributed by atoms with Crippen LogP contribution in [0, 0.1) is 0 Å². The van der Waals surface area contributed by atoms with Gasteiger partial charge in [0.15, 0.2) is 0 Å². The first-order valence-electron chi connectivity index (χ1n) is 5.94. The molecule has 1 unspecified atom stereocenters. The van der Waals surface area contributed by atoms with Gasteiger partial charge in [-0.25, -0.2) is 0 Å². The zero-order chi connectivity index (χ0) is 11.4. The van der Waals surface area contributed by atoms with Gasteiger partial charge in [-0.05, 0) is 12.5 Å². The largest absolute Gasteiger partial charge is 0.396 e. The van der Waals surface area contributed by atoms with E-state index in [2.05, 4.69) is 13.8 Å². The lowest BCUT2D eigenvalue weighted by molar-refractivity contribution is -0.121. The molecule has 0 bridgehead atoms. The van der Waals surface area contributed by atoms with Crippen LogP contribution in [0.2, 0.25) is 6.04 Å². The summed E-state index contributed by atoms with van der Waals surface area (Å²) in [7, 11) is 1.41. The van der Waals surface area contributed by atoms with E-state index < -0.39 is 8.56 Å². The van der Waals surface area contributed by atoms with Gasteiger partial charge in [-0.15, -0.1) is 0 Å². The van der Waals surface area contributed by atoms with Gasteiger partial charge in [0, 0.05) is 27.2 Å².